The number of nitrogens with zero attached hydrogens (tertiary/aromatic N) is 2. The molecule has 1 aromatic rings. The van der Waals surface area contributed by atoms with E-state index in [-0.39, 0.29) is 0 Å². The van der Waals surface area contributed by atoms with Crippen molar-refractivity contribution < 1.29 is 4.42 Å². The third kappa shape index (κ3) is 4.65. The summed E-state index contributed by atoms with van der Waals surface area (Å²) < 4.78 is 5.31. The van der Waals surface area contributed by atoms with Crippen LogP contribution in [-0.4, -0.2) is 61.4 Å². The Kier molecular flexibility index (Phi) is 6.07. The Labute approximate surface area is 113 Å². The average molecular weight is 269 g/mol. The Morgan fingerprint density at radius 2 is 1.89 bits per heavy atom. The monoisotopic (exact) mass is 269 g/mol. The van der Waals surface area contributed by atoms with E-state index in [0.717, 1.165) is 24.6 Å². The van der Waals surface area contributed by atoms with Gasteiger partial charge in [0.15, 0.2) is 0 Å². The molecule has 0 amide bonds. The minimum atomic E-state index is 0.777. The highest BCUT2D eigenvalue weighted by atomic mass is 32.2. The van der Waals surface area contributed by atoms with Gasteiger partial charge in [0.05, 0.1) is 12.0 Å². The largest absolute Gasteiger partial charge is 0.468 e. The van der Waals surface area contributed by atoms with Crippen LogP contribution < -0.4 is 5.73 Å². The molecule has 1 aliphatic rings. The predicted molar refractivity (Wildman–Crippen MR) is 76.8 cm³/mol. The van der Waals surface area contributed by atoms with Crippen LogP contribution in [-0.2, 0) is 5.75 Å². The summed E-state index contributed by atoms with van der Waals surface area (Å²) in [5.74, 6) is 3.24. The highest BCUT2D eigenvalue weighted by molar-refractivity contribution is 7.98. The van der Waals surface area contributed by atoms with Gasteiger partial charge >= 0.3 is 0 Å². The van der Waals surface area contributed by atoms with Crippen LogP contribution >= 0.6 is 11.8 Å². The van der Waals surface area contributed by atoms with Gasteiger partial charge in [-0.05, 0) is 12.1 Å². The maximum Gasteiger partial charge on any atom is 0.113 e. The summed E-state index contributed by atoms with van der Waals surface area (Å²) >= 11 is 1.95. The van der Waals surface area contributed by atoms with Gasteiger partial charge in [-0.2, -0.15) is 11.8 Å². The minimum absolute atomic E-state index is 0.777. The van der Waals surface area contributed by atoms with Crippen LogP contribution in [0.3, 0.4) is 0 Å². The fourth-order valence-corrected chi connectivity index (χ4v) is 3.08. The molecule has 2 heterocycles. The molecule has 1 saturated heterocycles. The molecular weight excluding hydrogens is 246 g/mol. The molecule has 5 heteroatoms. The van der Waals surface area contributed by atoms with Gasteiger partial charge in [-0.1, -0.05) is 0 Å². The van der Waals surface area contributed by atoms with Crippen molar-refractivity contribution in [2.45, 2.75) is 5.75 Å². The number of hydrogen-bond donors (Lipinski definition) is 1. The van der Waals surface area contributed by atoms with Gasteiger partial charge in [0.1, 0.15) is 5.76 Å². The first kappa shape index (κ1) is 13.9. The highest BCUT2D eigenvalue weighted by Gasteiger charge is 2.15. The summed E-state index contributed by atoms with van der Waals surface area (Å²) in [7, 11) is 0. The van der Waals surface area contributed by atoms with Gasteiger partial charge in [-0.25, -0.2) is 0 Å². The zero-order valence-corrected chi connectivity index (χ0v) is 11.7. The van der Waals surface area contributed by atoms with Crippen molar-refractivity contribution in [1.29, 1.82) is 0 Å². The second kappa shape index (κ2) is 7.84. The van der Waals surface area contributed by atoms with Crippen molar-refractivity contribution in [2.75, 3.05) is 51.6 Å². The Bertz CT molecular complexity index is 310. The van der Waals surface area contributed by atoms with Crippen LogP contribution in [0.5, 0.6) is 0 Å². The number of thioether (sulfide) groups is 1. The molecule has 1 aliphatic heterocycles. The number of nitrogens with two attached hydrogens (primary N) is 1. The Hall–Kier alpha value is -0.490. The molecule has 0 saturated carbocycles. The minimum Gasteiger partial charge on any atom is -0.468 e. The highest BCUT2D eigenvalue weighted by Crippen LogP contribution is 2.13. The van der Waals surface area contributed by atoms with Crippen LogP contribution in [0, 0.1) is 0 Å². The van der Waals surface area contributed by atoms with Gasteiger partial charge in [0.2, 0.25) is 0 Å². The molecule has 1 aromatic heterocycles. The third-order valence-electron chi connectivity index (χ3n) is 3.29. The van der Waals surface area contributed by atoms with Crippen molar-refractivity contribution in [3.8, 4) is 0 Å². The van der Waals surface area contributed by atoms with Crippen LogP contribution in [0.15, 0.2) is 22.8 Å². The molecular formula is C13H23N3OS. The van der Waals surface area contributed by atoms with Crippen LogP contribution in [0.4, 0.5) is 0 Å². The predicted octanol–water partition coefficient (Wildman–Crippen LogP) is 1.09. The first-order valence-electron chi connectivity index (χ1n) is 6.63. The van der Waals surface area contributed by atoms with Crippen LogP contribution in [0.25, 0.3) is 0 Å². The standard InChI is InChI=1S/C13H23N3OS/c14-3-4-15-5-7-16(8-6-15)9-11-18-12-13-2-1-10-17-13/h1-2,10H,3-9,11-12,14H2. The molecule has 0 unspecified atom stereocenters. The average Bonchev–Trinajstić information content (AvgIpc) is 2.90. The lowest BCUT2D eigenvalue weighted by molar-refractivity contribution is 0.141. The molecule has 0 bridgehead atoms. The van der Waals surface area contributed by atoms with E-state index in [1.54, 1.807) is 6.26 Å². The SMILES string of the molecule is NCCN1CCN(CCSCc2ccco2)CC1. The van der Waals surface area contributed by atoms with Crippen LogP contribution in [0.1, 0.15) is 5.76 Å². The van der Waals surface area contributed by atoms with Gasteiger partial charge in [-0.3, -0.25) is 9.80 Å². The Balaban J connectivity index is 1.53. The molecule has 2 N–H and O–H groups in total. The van der Waals surface area contributed by atoms with E-state index in [4.69, 9.17) is 10.2 Å². The zero-order valence-electron chi connectivity index (χ0n) is 10.9. The number of hydrogen-bond acceptors (Lipinski definition) is 5. The fraction of sp³-hybridized carbons (Fsp3) is 0.692. The normalized spacial score (nSPS) is 18.3. The zero-order chi connectivity index (χ0) is 12.6. The molecule has 102 valence electrons. The second-order valence-electron chi connectivity index (χ2n) is 4.60. The van der Waals surface area contributed by atoms with Crippen molar-refractivity contribution in [1.82, 2.24) is 9.80 Å². The Morgan fingerprint density at radius 1 is 1.17 bits per heavy atom. The molecule has 0 spiro atoms. The van der Waals surface area contributed by atoms with Crippen molar-refractivity contribution >= 4 is 11.8 Å². The lowest BCUT2D eigenvalue weighted by Gasteiger charge is -2.34. The summed E-state index contributed by atoms with van der Waals surface area (Å²) in [6, 6.07) is 3.99. The molecule has 2 rings (SSSR count). The maximum absolute atomic E-state index is 5.57. The van der Waals surface area contributed by atoms with E-state index in [9.17, 15) is 0 Å². The van der Waals surface area contributed by atoms with E-state index in [2.05, 4.69) is 9.80 Å². The van der Waals surface area contributed by atoms with Gasteiger partial charge < -0.3 is 10.2 Å². The van der Waals surface area contributed by atoms with E-state index in [1.807, 2.05) is 23.9 Å². The molecule has 18 heavy (non-hydrogen) atoms. The first-order chi connectivity index (χ1) is 8.88. The van der Waals surface area contributed by atoms with E-state index < -0.39 is 0 Å². The molecule has 0 aliphatic carbocycles. The third-order valence-corrected chi connectivity index (χ3v) is 4.25. The van der Waals surface area contributed by atoms with Gasteiger partial charge in [-0.15, -0.1) is 0 Å². The first-order valence-corrected chi connectivity index (χ1v) is 7.79. The maximum atomic E-state index is 5.57. The number of piperazine rings is 1. The lowest BCUT2D eigenvalue weighted by atomic mass is 10.3. The summed E-state index contributed by atoms with van der Waals surface area (Å²) in [6.07, 6.45) is 1.74. The number of furan rings is 1. The summed E-state index contributed by atoms with van der Waals surface area (Å²) in [4.78, 5) is 4.99. The summed E-state index contributed by atoms with van der Waals surface area (Å²) in [6.45, 7) is 7.70. The number of rotatable bonds is 7. The van der Waals surface area contributed by atoms with Crippen LogP contribution in [0.2, 0.25) is 0 Å². The van der Waals surface area contributed by atoms with Crippen molar-refractivity contribution in [3.05, 3.63) is 24.2 Å². The molecule has 0 aromatic carbocycles. The smallest absolute Gasteiger partial charge is 0.113 e. The molecule has 4 nitrogen and oxygen atoms in total. The van der Waals surface area contributed by atoms with Crippen molar-refractivity contribution in [2.24, 2.45) is 5.73 Å². The second-order valence-corrected chi connectivity index (χ2v) is 5.71. The van der Waals surface area contributed by atoms with Crippen molar-refractivity contribution in [3.63, 3.8) is 0 Å². The van der Waals surface area contributed by atoms with Gasteiger partial charge in [0.25, 0.3) is 0 Å². The van der Waals surface area contributed by atoms with E-state index in [0.29, 0.717) is 0 Å². The molecule has 0 atom stereocenters. The lowest BCUT2D eigenvalue weighted by Crippen LogP contribution is -2.48. The van der Waals surface area contributed by atoms with E-state index in [1.165, 1.54) is 38.5 Å². The topological polar surface area (TPSA) is 45.6 Å². The van der Waals surface area contributed by atoms with Gasteiger partial charge in [0, 0.05) is 51.6 Å². The Morgan fingerprint density at radius 3 is 2.50 bits per heavy atom. The molecule has 1 fully saturated rings. The van der Waals surface area contributed by atoms with E-state index >= 15 is 0 Å². The summed E-state index contributed by atoms with van der Waals surface area (Å²) in [5.41, 5.74) is 5.57. The quantitative estimate of drug-likeness (QED) is 0.751. The summed E-state index contributed by atoms with van der Waals surface area (Å²) in [5, 5.41) is 0. The fourth-order valence-electron chi connectivity index (χ4n) is 2.18. The molecule has 0 radical (unpaired) electrons.